The number of ether oxygens (including phenoxy) is 1. The van der Waals surface area contributed by atoms with Crippen molar-refractivity contribution in [1.82, 2.24) is 9.88 Å². The van der Waals surface area contributed by atoms with E-state index in [9.17, 15) is 14.7 Å². The summed E-state index contributed by atoms with van der Waals surface area (Å²) in [6, 6.07) is 24.6. The molecule has 1 saturated heterocycles. The molecule has 3 aromatic carbocycles. The summed E-state index contributed by atoms with van der Waals surface area (Å²) in [7, 11) is 0. The highest BCUT2D eigenvalue weighted by Crippen LogP contribution is 2.40. The molecule has 0 aliphatic carbocycles. The minimum atomic E-state index is -0.780. The summed E-state index contributed by atoms with van der Waals surface area (Å²) >= 11 is 6.10. The van der Waals surface area contributed by atoms with Gasteiger partial charge in [-0.05, 0) is 72.1 Å². The van der Waals surface area contributed by atoms with Gasteiger partial charge in [0.1, 0.15) is 18.1 Å². The number of ketones is 1. The summed E-state index contributed by atoms with van der Waals surface area (Å²) in [6.45, 7) is 2.62. The van der Waals surface area contributed by atoms with Gasteiger partial charge in [-0.25, -0.2) is 0 Å². The smallest absolute Gasteiger partial charge is 0.295 e. The highest BCUT2D eigenvalue weighted by molar-refractivity contribution is 6.46. The highest BCUT2D eigenvalue weighted by atomic mass is 35.5. The summed E-state index contributed by atoms with van der Waals surface area (Å²) in [5.74, 6) is -1.04. The quantitative estimate of drug-likeness (QED) is 0.176. The van der Waals surface area contributed by atoms with Crippen molar-refractivity contribution in [3.8, 4) is 5.75 Å². The van der Waals surface area contributed by atoms with E-state index in [0.717, 1.165) is 16.7 Å². The van der Waals surface area contributed by atoms with E-state index in [4.69, 9.17) is 16.3 Å². The lowest BCUT2D eigenvalue weighted by Gasteiger charge is -2.25. The van der Waals surface area contributed by atoms with Gasteiger partial charge >= 0.3 is 0 Å². The van der Waals surface area contributed by atoms with Crippen molar-refractivity contribution in [2.75, 3.05) is 0 Å². The maximum absolute atomic E-state index is 13.3. The number of aryl methyl sites for hydroxylation is 1. The molecule has 5 rings (SSSR count). The topological polar surface area (TPSA) is 79.7 Å². The molecule has 1 aromatic heterocycles. The Labute approximate surface area is 225 Å². The van der Waals surface area contributed by atoms with Crippen LogP contribution in [0.2, 0.25) is 5.02 Å². The van der Waals surface area contributed by atoms with E-state index in [2.05, 4.69) is 11.1 Å². The number of benzene rings is 3. The van der Waals surface area contributed by atoms with E-state index >= 15 is 0 Å². The Kier molecular flexibility index (Phi) is 7.24. The number of likely N-dealkylation sites (tertiary alicyclic amines) is 1. The van der Waals surface area contributed by atoms with Crippen molar-refractivity contribution in [3.63, 3.8) is 0 Å². The van der Waals surface area contributed by atoms with E-state index in [1.807, 2.05) is 25.1 Å². The van der Waals surface area contributed by atoms with Crippen molar-refractivity contribution in [2.24, 2.45) is 0 Å². The number of carbonyl (C=O) groups is 2. The zero-order valence-electron chi connectivity index (χ0n) is 20.7. The molecule has 6 nitrogen and oxygen atoms in total. The predicted octanol–water partition coefficient (Wildman–Crippen LogP) is 6.24. The van der Waals surface area contributed by atoms with Gasteiger partial charge in [0.2, 0.25) is 0 Å². The zero-order valence-corrected chi connectivity index (χ0v) is 21.4. The van der Waals surface area contributed by atoms with Crippen LogP contribution in [0, 0.1) is 6.92 Å². The molecule has 7 heteroatoms. The zero-order chi connectivity index (χ0) is 26.6. The molecule has 1 atom stereocenters. The van der Waals surface area contributed by atoms with Crippen LogP contribution in [0.3, 0.4) is 0 Å². The standard InChI is InChI=1S/C31H25ClN2O4/c1-20-3-2-4-22(17-20)19-38-26-11-7-24(8-12-26)29(35)27-28(23-5-9-25(32)10-6-23)34(31(37)30(27)36)18-21-13-15-33-16-14-21/h2-17,28,35H,18-19H2,1H3/t28-/m0/s1. The van der Waals surface area contributed by atoms with Crippen molar-refractivity contribution in [2.45, 2.75) is 26.1 Å². The first-order valence-corrected chi connectivity index (χ1v) is 12.5. The van der Waals surface area contributed by atoms with Gasteiger partial charge in [0.25, 0.3) is 11.7 Å². The lowest BCUT2D eigenvalue weighted by atomic mass is 9.95. The summed E-state index contributed by atoms with van der Waals surface area (Å²) in [6.07, 6.45) is 3.26. The fraction of sp³-hybridized carbons (Fsp3) is 0.129. The van der Waals surface area contributed by atoms with Crippen LogP contribution in [-0.4, -0.2) is 26.7 Å². The second-order valence-electron chi connectivity index (χ2n) is 9.14. The number of hydrogen-bond donors (Lipinski definition) is 1. The number of amides is 1. The molecule has 0 radical (unpaired) electrons. The third-order valence-corrected chi connectivity index (χ3v) is 6.70. The molecule has 190 valence electrons. The second-order valence-corrected chi connectivity index (χ2v) is 9.57. The van der Waals surface area contributed by atoms with Crippen LogP contribution in [0.25, 0.3) is 5.76 Å². The van der Waals surface area contributed by atoms with Gasteiger partial charge in [0.15, 0.2) is 0 Å². The number of carbonyl (C=O) groups excluding carboxylic acids is 2. The van der Waals surface area contributed by atoms with Gasteiger partial charge in [0, 0.05) is 29.5 Å². The van der Waals surface area contributed by atoms with Crippen LogP contribution in [0.4, 0.5) is 0 Å². The molecule has 2 heterocycles. The van der Waals surface area contributed by atoms with Crippen LogP contribution in [0.15, 0.2) is 103 Å². The minimum absolute atomic E-state index is 0.0276. The molecular formula is C31H25ClN2O4. The van der Waals surface area contributed by atoms with Gasteiger partial charge in [0.05, 0.1) is 11.6 Å². The van der Waals surface area contributed by atoms with Crippen LogP contribution in [0.1, 0.15) is 33.9 Å². The summed E-state index contributed by atoms with van der Waals surface area (Å²) in [4.78, 5) is 31.9. The molecule has 0 bridgehead atoms. The molecule has 0 unspecified atom stereocenters. The Hall–Kier alpha value is -4.42. The second kappa shape index (κ2) is 10.9. The maximum atomic E-state index is 13.3. The average molecular weight is 525 g/mol. The molecule has 1 N–H and O–H groups in total. The van der Waals surface area contributed by atoms with Gasteiger partial charge < -0.3 is 14.7 Å². The number of aromatic nitrogens is 1. The Bertz CT molecular complexity index is 1500. The van der Waals surface area contributed by atoms with E-state index in [0.29, 0.717) is 28.5 Å². The molecule has 38 heavy (non-hydrogen) atoms. The SMILES string of the molecule is Cc1cccc(COc2ccc(C(O)=C3C(=O)C(=O)N(Cc4ccncc4)[C@H]3c3ccc(Cl)cc3)cc2)c1. The molecule has 1 aliphatic heterocycles. The molecular weight excluding hydrogens is 500 g/mol. The third kappa shape index (κ3) is 5.31. The number of Topliss-reactive ketones (excluding diaryl/α,β-unsaturated/α-hetero) is 1. The number of nitrogens with zero attached hydrogens (tertiary/aromatic N) is 2. The first kappa shape index (κ1) is 25.2. The minimum Gasteiger partial charge on any atom is -0.507 e. The maximum Gasteiger partial charge on any atom is 0.295 e. The van der Waals surface area contributed by atoms with Crippen molar-refractivity contribution < 1.29 is 19.4 Å². The summed E-state index contributed by atoms with van der Waals surface area (Å²) < 4.78 is 5.89. The van der Waals surface area contributed by atoms with Gasteiger partial charge in [-0.15, -0.1) is 0 Å². The number of aliphatic hydroxyl groups excluding tert-OH is 1. The first-order chi connectivity index (χ1) is 18.4. The van der Waals surface area contributed by atoms with Crippen LogP contribution >= 0.6 is 11.6 Å². The average Bonchev–Trinajstić information content (AvgIpc) is 3.18. The van der Waals surface area contributed by atoms with Gasteiger partial charge in [-0.3, -0.25) is 14.6 Å². The Balaban J connectivity index is 1.47. The largest absolute Gasteiger partial charge is 0.507 e. The molecule has 1 fully saturated rings. The normalized spacial score (nSPS) is 16.6. The molecule has 1 amide bonds. The van der Waals surface area contributed by atoms with Crippen molar-refractivity contribution in [3.05, 3.63) is 136 Å². The lowest BCUT2D eigenvalue weighted by Crippen LogP contribution is -2.29. The third-order valence-electron chi connectivity index (χ3n) is 6.44. The number of pyridine rings is 1. The van der Waals surface area contributed by atoms with Crippen molar-refractivity contribution >= 4 is 29.1 Å². The summed E-state index contributed by atoms with van der Waals surface area (Å²) in [5, 5.41) is 11.8. The van der Waals surface area contributed by atoms with Gasteiger partial charge in [-0.2, -0.15) is 0 Å². The van der Waals surface area contributed by atoms with E-state index in [1.54, 1.807) is 73.1 Å². The number of rotatable bonds is 7. The predicted molar refractivity (Wildman–Crippen MR) is 145 cm³/mol. The molecule has 1 aliphatic rings. The number of halogens is 1. The van der Waals surface area contributed by atoms with Crippen LogP contribution < -0.4 is 4.74 Å². The molecule has 0 spiro atoms. The molecule has 4 aromatic rings. The van der Waals surface area contributed by atoms with E-state index in [-0.39, 0.29) is 17.9 Å². The van der Waals surface area contributed by atoms with Gasteiger partial charge in [-0.1, -0.05) is 53.6 Å². The van der Waals surface area contributed by atoms with E-state index < -0.39 is 17.7 Å². The first-order valence-electron chi connectivity index (χ1n) is 12.1. The highest BCUT2D eigenvalue weighted by Gasteiger charge is 2.46. The number of aliphatic hydroxyl groups is 1. The van der Waals surface area contributed by atoms with E-state index in [1.165, 1.54) is 4.90 Å². The van der Waals surface area contributed by atoms with Crippen LogP contribution in [-0.2, 0) is 22.7 Å². The summed E-state index contributed by atoms with van der Waals surface area (Å²) in [5.41, 5.74) is 4.13. The van der Waals surface area contributed by atoms with Crippen molar-refractivity contribution in [1.29, 1.82) is 0 Å². The fourth-order valence-corrected chi connectivity index (χ4v) is 4.68. The Morgan fingerprint density at radius 2 is 1.66 bits per heavy atom. The monoisotopic (exact) mass is 524 g/mol. The fourth-order valence-electron chi connectivity index (χ4n) is 4.55. The molecule has 0 saturated carbocycles. The van der Waals surface area contributed by atoms with Crippen LogP contribution in [0.5, 0.6) is 5.75 Å². The Morgan fingerprint density at radius 3 is 2.34 bits per heavy atom. The number of hydrogen-bond acceptors (Lipinski definition) is 5. The lowest BCUT2D eigenvalue weighted by molar-refractivity contribution is -0.140. The Morgan fingerprint density at radius 1 is 0.947 bits per heavy atom.